The van der Waals surface area contributed by atoms with E-state index in [2.05, 4.69) is 10.3 Å². The van der Waals surface area contributed by atoms with Crippen molar-refractivity contribution in [1.82, 2.24) is 9.78 Å². The van der Waals surface area contributed by atoms with Gasteiger partial charge in [-0.2, -0.15) is 5.10 Å². The summed E-state index contributed by atoms with van der Waals surface area (Å²) >= 11 is 11.8. The minimum absolute atomic E-state index is 0.342. The van der Waals surface area contributed by atoms with Gasteiger partial charge in [-0.15, -0.1) is 0 Å². The van der Waals surface area contributed by atoms with E-state index in [1.54, 1.807) is 23.0 Å². The van der Waals surface area contributed by atoms with Gasteiger partial charge in [-0.25, -0.2) is 0 Å². The molecule has 2 aromatic rings. The zero-order chi connectivity index (χ0) is 13.8. The fourth-order valence-corrected chi connectivity index (χ4v) is 1.81. The fourth-order valence-electron chi connectivity index (χ4n) is 1.49. The van der Waals surface area contributed by atoms with Crippen LogP contribution in [0.3, 0.4) is 0 Å². The molecule has 0 saturated heterocycles. The second-order valence-electron chi connectivity index (χ2n) is 4.10. The van der Waals surface area contributed by atoms with Crippen molar-refractivity contribution in [1.29, 1.82) is 0 Å². The number of halogens is 2. The molecule has 0 atom stereocenters. The Morgan fingerprint density at radius 3 is 2.79 bits per heavy atom. The molecule has 100 valence electrons. The minimum Gasteiger partial charge on any atom is -0.391 e. The lowest BCUT2D eigenvalue weighted by Gasteiger charge is -2.03. The lowest BCUT2D eigenvalue weighted by atomic mass is 10.2. The summed E-state index contributed by atoms with van der Waals surface area (Å²) < 4.78 is 1.72. The quantitative estimate of drug-likeness (QED) is 0.638. The van der Waals surface area contributed by atoms with E-state index >= 15 is 0 Å². The summed E-state index contributed by atoms with van der Waals surface area (Å²) in [6, 6.07) is 5.35. The first-order valence-electron chi connectivity index (χ1n) is 5.66. The molecule has 0 saturated carbocycles. The van der Waals surface area contributed by atoms with E-state index in [-0.39, 0.29) is 0 Å². The highest BCUT2D eigenvalue weighted by molar-refractivity contribution is 6.42. The van der Waals surface area contributed by atoms with Crippen LogP contribution in [0.2, 0.25) is 10.0 Å². The summed E-state index contributed by atoms with van der Waals surface area (Å²) in [7, 11) is 1.85. The van der Waals surface area contributed by atoms with Crippen molar-refractivity contribution in [3.8, 4) is 0 Å². The number of rotatable bonds is 4. The molecule has 0 aliphatic rings. The Balaban J connectivity index is 1.97. The number of aryl methyl sites for hydroxylation is 1. The maximum absolute atomic E-state index is 5.92. The Bertz CT molecular complexity index is 608. The Kier molecular flexibility index (Phi) is 4.45. The van der Waals surface area contributed by atoms with Crippen molar-refractivity contribution < 1.29 is 4.84 Å². The van der Waals surface area contributed by atoms with Crippen LogP contribution in [-0.2, 0) is 18.5 Å². The van der Waals surface area contributed by atoms with Crippen molar-refractivity contribution >= 4 is 28.9 Å². The van der Waals surface area contributed by atoms with Gasteiger partial charge < -0.3 is 4.84 Å². The van der Waals surface area contributed by atoms with Crippen molar-refractivity contribution in [2.75, 3.05) is 0 Å². The maximum atomic E-state index is 5.92. The zero-order valence-corrected chi connectivity index (χ0v) is 12.1. The minimum atomic E-state index is 0.342. The number of hydrogen-bond donors (Lipinski definition) is 0. The number of aromatic nitrogens is 2. The first kappa shape index (κ1) is 13.9. The smallest absolute Gasteiger partial charge is 0.142 e. The van der Waals surface area contributed by atoms with E-state index < -0.39 is 0 Å². The van der Waals surface area contributed by atoms with Crippen LogP contribution >= 0.6 is 23.2 Å². The van der Waals surface area contributed by atoms with Crippen molar-refractivity contribution in [3.63, 3.8) is 0 Å². The van der Waals surface area contributed by atoms with Crippen LogP contribution in [0.25, 0.3) is 0 Å². The van der Waals surface area contributed by atoms with Crippen LogP contribution < -0.4 is 0 Å². The molecule has 0 bridgehead atoms. The highest BCUT2D eigenvalue weighted by Gasteiger charge is 2.02. The molecule has 4 nitrogen and oxygen atoms in total. The molecule has 0 spiro atoms. The van der Waals surface area contributed by atoms with Crippen LogP contribution in [0, 0.1) is 0 Å². The Morgan fingerprint density at radius 2 is 2.16 bits per heavy atom. The number of nitrogens with zero attached hydrogens (tertiary/aromatic N) is 3. The highest BCUT2D eigenvalue weighted by atomic mass is 35.5. The molecule has 2 rings (SSSR count). The molecule has 0 aliphatic carbocycles. The first-order valence-corrected chi connectivity index (χ1v) is 6.41. The molecule has 0 radical (unpaired) electrons. The lowest BCUT2D eigenvalue weighted by Crippen LogP contribution is -1.95. The molecule has 0 N–H and O–H groups in total. The third kappa shape index (κ3) is 3.72. The number of hydrogen-bond acceptors (Lipinski definition) is 3. The molecule has 0 unspecified atom stereocenters. The highest BCUT2D eigenvalue weighted by Crippen LogP contribution is 2.22. The SMILES string of the molecule is C/C(=N\OCc1ccc(Cl)c(Cl)c1)c1cnn(C)c1. The largest absolute Gasteiger partial charge is 0.391 e. The molecular formula is C13H13Cl2N3O. The third-order valence-electron chi connectivity index (χ3n) is 2.54. The van der Waals surface area contributed by atoms with Crippen LogP contribution in [0.5, 0.6) is 0 Å². The van der Waals surface area contributed by atoms with Gasteiger partial charge in [0, 0.05) is 18.8 Å². The van der Waals surface area contributed by atoms with Gasteiger partial charge in [0.2, 0.25) is 0 Å². The number of benzene rings is 1. The van der Waals surface area contributed by atoms with Gasteiger partial charge in [-0.1, -0.05) is 34.4 Å². The predicted octanol–water partition coefficient (Wildman–Crippen LogP) is 3.67. The normalized spacial score (nSPS) is 11.7. The zero-order valence-electron chi connectivity index (χ0n) is 10.6. The predicted molar refractivity (Wildman–Crippen MR) is 76.7 cm³/mol. The summed E-state index contributed by atoms with van der Waals surface area (Å²) in [5.74, 6) is 0. The van der Waals surface area contributed by atoms with Gasteiger partial charge >= 0.3 is 0 Å². The summed E-state index contributed by atoms with van der Waals surface area (Å²) in [6.45, 7) is 2.21. The van der Waals surface area contributed by atoms with Crippen LogP contribution in [0.4, 0.5) is 0 Å². The maximum Gasteiger partial charge on any atom is 0.142 e. The van der Waals surface area contributed by atoms with Crippen molar-refractivity contribution in [2.24, 2.45) is 12.2 Å². The molecule has 1 aromatic carbocycles. The monoisotopic (exact) mass is 297 g/mol. The topological polar surface area (TPSA) is 39.4 Å². The van der Waals surface area contributed by atoms with Crippen LogP contribution in [0.1, 0.15) is 18.1 Å². The van der Waals surface area contributed by atoms with Gasteiger partial charge in [-0.05, 0) is 24.6 Å². The standard InChI is InChI=1S/C13H13Cl2N3O/c1-9(11-6-16-18(2)7-11)17-19-8-10-3-4-12(14)13(15)5-10/h3-7H,8H2,1-2H3/b17-9+. The van der Waals surface area contributed by atoms with Gasteiger partial charge in [0.05, 0.1) is 22.0 Å². The Labute approximate surface area is 121 Å². The molecule has 6 heteroatoms. The van der Waals surface area contributed by atoms with E-state index in [1.165, 1.54) is 0 Å². The second kappa shape index (κ2) is 6.08. The second-order valence-corrected chi connectivity index (χ2v) is 4.92. The summed E-state index contributed by atoms with van der Waals surface area (Å²) in [4.78, 5) is 5.29. The Morgan fingerprint density at radius 1 is 1.37 bits per heavy atom. The summed E-state index contributed by atoms with van der Waals surface area (Å²) in [5, 5.41) is 9.15. The molecular weight excluding hydrogens is 285 g/mol. The van der Waals surface area contributed by atoms with E-state index in [4.69, 9.17) is 28.0 Å². The molecule has 0 amide bonds. The fraction of sp³-hybridized carbons (Fsp3) is 0.231. The molecule has 0 aliphatic heterocycles. The van der Waals surface area contributed by atoms with Crippen molar-refractivity contribution in [2.45, 2.75) is 13.5 Å². The van der Waals surface area contributed by atoms with E-state index in [0.29, 0.717) is 16.7 Å². The molecule has 0 fully saturated rings. The molecule has 1 aromatic heterocycles. The Hall–Kier alpha value is -1.52. The molecule has 1 heterocycles. The van der Waals surface area contributed by atoms with E-state index in [1.807, 2.05) is 26.2 Å². The third-order valence-corrected chi connectivity index (χ3v) is 3.28. The lowest BCUT2D eigenvalue weighted by molar-refractivity contribution is 0.130. The first-order chi connectivity index (χ1) is 9.06. The summed E-state index contributed by atoms with van der Waals surface area (Å²) in [6.07, 6.45) is 3.61. The van der Waals surface area contributed by atoms with Gasteiger partial charge in [0.15, 0.2) is 0 Å². The number of oxime groups is 1. The van der Waals surface area contributed by atoms with Crippen LogP contribution in [0.15, 0.2) is 35.7 Å². The van der Waals surface area contributed by atoms with E-state index in [9.17, 15) is 0 Å². The summed E-state index contributed by atoms with van der Waals surface area (Å²) in [5.41, 5.74) is 2.61. The molecule has 19 heavy (non-hydrogen) atoms. The average molecular weight is 298 g/mol. The average Bonchev–Trinajstić information content (AvgIpc) is 2.80. The van der Waals surface area contributed by atoms with Crippen molar-refractivity contribution in [3.05, 3.63) is 51.8 Å². The van der Waals surface area contributed by atoms with Gasteiger partial charge in [0.25, 0.3) is 0 Å². The van der Waals surface area contributed by atoms with Crippen LogP contribution in [-0.4, -0.2) is 15.5 Å². The van der Waals surface area contributed by atoms with Gasteiger partial charge in [-0.3, -0.25) is 4.68 Å². The van der Waals surface area contributed by atoms with E-state index in [0.717, 1.165) is 16.8 Å². The van der Waals surface area contributed by atoms with Gasteiger partial charge in [0.1, 0.15) is 6.61 Å².